The lowest BCUT2D eigenvalue weighted by atomic mass is 9.87. The third-order valence-electron chi connectivity index (χ3n) is 5.71. The quantitative estimate of drug-likeness (QED) is 0.546. The lowest BCUT2D eigenvalue weighted by Crippen LogP contribution is -2.31. The number of hydrogen-bond acceptors (Lipinski definition) is 3. The molecule has 0 saturated carbocycles. The van der Waals surface area contributed by atoms with Gasteiger partial charge in [-0.25, -0.2) is 8.42 Å². The average molecular weight is 469 g/mol. The van der Waals surface area contributed by atoms with Gasteiger partial charge in [-0.05, 0) is 66.3 Å². The number of carbonyl (C=O) groups is 1. The first-order valence-corrected chi connectivity index (χ1v) is 12.7. The molecule has 1 N–H and O–H groups in total. The molecule has 0 spiro atoms. The molecule has 1 atom stereocenters. The van der Waals surface area contributed by atoms with E-state index in [1.54, 1.807) is 48.5 Å². The van der Waals surface area contributed by atoms with Gasteiger partial charge in [0, 0.05) is 10.6 Å². The molecular weight excluding hydrogens is 444 g/mol. The number of rotatable bonds is 6. The molecule has 0 fully saturated rings. The molecule has 3 aromatic carbocycles. The van der Waals surface area contributed by atoms with Crippen LogP contribution in [0.15, 0.2) is 72.8 Å². The van der Waals surface area contributed by atoms with Gasteiger partial charge in [0.05, 0.1) is 24.5 Å². The minimum absolute atomic E-state index is 0.00989. The molecule has 1 unspecified atom stereocenters. The first-order chi connectivity index (χ1) is 15.3. The van der Waals surface area contributed by atoms with Crippen LogP contribution < -0.4 is 9.62 Å². The van der Waals surface area contributed by atoms with Crippen molar-refractivity contribution in [1.82, 2.24) is 5.32 Å². The van der Waals surface area contributed by atoms with E-state index in [9.17, 15) is 13.2 Å². The summed E-state index contributed by atoms with van der Waals surface area (Å²) in [4.78, 5) is 12.8. The highest BCUT2D eigenvalue weighted by molar-refractivity contribution is 7.92. The van der Waals surface area contributed by atoms with Gasteiger partial charge in [-0.15, -0.1) is 0 Å². The maximum atomic E-state index is 12.8. The Bertz CT molecular complexity index is 1230. The third-order valence-corrected chi connectivity index (χ3v) is 7.09. The molecule has 166 valence electrons. The molecule has 0 heterocycles. The fraction of sp³-hybridized carbons (Fsp3) is 0.240. The van der Waals surface area contributed by atoms with Crippen LogP contribution in [-0.4, -0.2) is 20.6 Å². The van der Waals surface area contributed by atoms with E-state index in [-0.39, 0.29) is 18.5 Å². The summed E-state index contributed by atoms with van der Waals surface area (Å²) in [7, 11) is -3.51. The monoisotopic (exact) mass is 468 g/mol. The van der Waals surface area contributed by atoms with E-state index in [1.807, 2.05) is 12.1 Å². The molecule has 0 saturated heterocycles. The molecule has 0 radical (unpaired) electrons. The van der Waals surface area contributed by atoms with Crippen molar-refractivity contribution in [3.63, 3.8) is 0 Å². The van der Waals surface area contributed by atoms with Gasteiger partial charge in [-0.1, -0.05) is 54.1 Å². The van der Waals surface area contributed by atoms with Crippen LogP contribution in [-0.2, 0) is 23.0 Å². The van der Waals surface area contributed by atoms with Crippen LogP contribution in [0.2, 0.25) is 5.02 Å². The molecule has 4 rings (SSSR count). The zero-order valence-electron chi connectivity index (χ0n) is 17.8. The zero-order chi connectivity index (χ0) is 22.7. The number of halogens is 1. The summed E-state index contributed by atoms with van der Waals surface area (Å²) < 4.78 is 26.0. The number of nitrogens with one attached hydrogen (secondary N) is 1. The number of anilines is 1. The molecule has 1 amide bonds. The highest BCUT2D eigenvalue weighted by atomic mass is 35.5. The van der Waals surface area contributed by atoms with Crippen LogP contribution in [0, 0.1) is 0 Å². The summed E-state index contributed by atoms with van der Waals surface area (Å²) >= 11 is 6.04. The van der Waals surface area contributed by atoms with E-state index >= 15 is 0 Å². The maximum absolute atomic E-state index is 12.8. The minimum atomic E-state index is -3.51. The molecular formula is C25H25ClN2O3S. The third kappa shape index (κ3) is 5.14. The second kappa shape index (κ2) is 9.35. The fourth-order valence-electron chi connectivity index (χ4n) is 4.10. The Kier molecular flexibility index (Phi) is 6.53. The van der Waals surface area contributed by atoms with Crippen molar-refractivity contribution in [2.75, 3.05) is 10.6 Å². The molecule has 0 aromatic heterocycles. The van der Waals surface area contributed by atoms with Gasteiger partial charge >= 0.3 is 0 Å². The highest BCUT2D eigenvalue weighted by Crippen LogP contribution is 2.30. The van der Waals surface area contributed by atoms with Crippen LogP contribution in [0.4, 0.5) is 5.69 Å². The Morgan fingerprint density at radius 1 is 1.06 bits per heavy atom. The summed E-state index contributed by atoms with van der Waals surface area (Å²) in [6.45, 7) is 0.150. The average Bonchev–Trinajstić information content (AvgIpc) is 2.77. The Morgan fingerprint density at radius 2 is 1.81 bits per heavy atom. The summed E-state index contributed by atoms with van der Waals surface area (Å²) in [6, 6.07) is 22.0. The number of fused-ring (bicyclic) bond motifs is 1. The van der Waals surface area contributed by atoms with Crippen LogP contribution >= 0.6 is 11.6 Å². The first-order valence-electron chi connectivity index (χ1n) is 10.5. The van der Waals surface area contributed by atoms with Crippen LogP contribution in [0.3, 0.4) is 0 Å². The lowest BCUT2D eigenvalue weighted by Gasteiger charge is -2.26. The van der Waals surface area contributed by atoms with E-state index in [4.69, 9.17) is 11.6 Å². The number of amides is 1. The minimum Gasteiger partial charge on any atom is -0.345 e. The Balaban J connectivity index is 1.48. The van der Waals surface area contributed by atoms with Crippen LogP contribution in [0.5, 0.6) is 0 Å². The molecule has 1 aliphatic carbocycles. The van der Waals surface area contributed by atoms with Gasteiger partial charge in [-0.2, -0.15) is 0 Å². The van der Waals surface area contributed by atoms with Crippen molar-refractivity contribution in [3.8, 4) is 0 Å². The molecule has 32 heavy (non-hydrogen) atoms. The normalized spacial score (nSPS) is 15.6. The Hall–Kier alpha value is -2.83. The smallest absolute Gasteiger partial charge is 0.251 e. The van der Waals surface area contributed by atoms with E-state index in [2.05, 4.69) is 17.4 Å². The largest absolute Gasteiger partial charge is 0.345 e. The van der Waals surface area contributed by atoms with E-state index in [0.29, 0.717) is 16.3 Å². The van der Waals surface area contributed by atoms with Gasteiger partial charge in [0.2, 0.25) is 10.0 Å². The topological polar surface area (TPSA) is 66.5 Å². The predicted octanol–water partition coefficient (Wildman–Crippen LogP) is 5.11. The lowest BCUT2D eigenvalue weighted by molar-refractivity contribution is 0.0932. The van der Waals surface area contributed by atoms with E-state index in [1.165, 1.54) is 15.4 Å². The summed E-state index contributed by atoms with van der Waals surface area (Å²) in [6.07, 6.45) is 4.17. The summed E-state index contributed by atoms with van der Waals surface area (Å²) in [5.74, 6) is -0.131. The number of hydrogen-bond donors (Lipinski definition) is 1. The second-order valence-corrected chi connectivity index (χ2v) is 10.4. The summed E-state index contributed by atoms with van der Waals surface area (Å²) in [5.41, 5.74) is 4.30. The number of carbonyl (C=O) groups excluding carboxylic acids is 1. The van der Waals surface area contributed by atoms with Crippen molar-refractivity contribution in [2.24, 2.45) is 0 Å². The van der Waals surface area contributed by atoms with Crippen LogP contribution in [0.25, 0.3) is 0 Å². The van der Waals surface area contributed by atoms with Crippen LogP contribution in [0.1, 0.15) is 45.9 Å². The van der Waals surface area contributed by atoms with E-state index in [0.717, 1.165) is 31.1 Å². The number of benzene rings is 3. The number of nitrogens with zero attached hydrogens (tertiary/aromatic N) is 1. The maximum Gasteiger partial charge on any atom is 0.251 e. The standard InChI is InChI=1S/C25H25ClN2O3S/c1-32(30,31)28(22-9-5-8-21(26)16-22)17-18-12-14-20(15-13-18)25(29)27-24-11-4-7-19-6-2-3-10-23(19)24/h2-3,5-6,8-10,12-16,24H,4,7,11,17H2,1H3,(H,27,29). The number of sulfonamides is 1. The predicted molar refractivity (Wildman–Crippen MR) is 129 cm³/mol. The molecule has 0 aliphatic heterocycles. The molecule has 5 nitrogen and oxygen atoms in total. The van der Waals surface area contributed by atoms with Crippen molar-refractivity contribution in [3.05, 3.63) is 100 Å². The SMILES string of the molecule is CS(=O)(=O)N(Cc1ccc(C(=O)NC2CCCc3ccccc32)cc1)c1cccc(Cl)c1. The molecule has 0 bridgehead atoms. The van der Waals surface area contributed by atoms with Crippen molar-refractivity contribution >= 4 is 33.2 Å². The Labute approximate surface area is 194 Å². The zero-order valence-corrected chi connectivity index (χ0v) is 19.4. The van der Waals surface area contributed by atoms with Gasteiger partial charge in [-0.3, -0.25) is 9.10 Å². The van der Waals surface area contributed by atoms with Gasteiger partial charge in [0.1, 0.15) is 0 Å². The van der Waals surface area contributed by atoms with Crippen molar-refractivity contribution in [1.29, 1.82) is 0 Å². The Morgan fingerprint density at radius 3 is 2.53 bits per heavy atom. The molecule has 3 aromatic rings. The fourth-order valence-corrected chi connectivity index (χ4v) is 5.17. The van der Waals surface area contributed by atoms with E-state index < -0.39 is 10.0 Å². The van der Waals surface area contributed by atoms with Crippen molar-refractivity contribution < 1.29 is 13.2 Å². The molecule has 1 aliphatic rings. The summed E-state index contributed by atoms with van der Waals surface area (Å²) in [5, 5.41) is 3.61. The number of aryl methyl sites for hydroxylation is 1. The second-order valence-electron chi connectivity index (χ2n) is 8.06. The first kappa shape index (κ1) is 22.4. The van der Waals surface area contributed by atoms with Gasteiger partial charge in [0.15, 0.2) is 0 Å². The van der Waals surface area contributed by atoms with Crippen molar-refractivity contribution in [2.45, 2.75) is 31.8 Å². The highest BCUT2D eigenvalue weighted by Gasteiger charge is 2.22. The molecule has 7 heteroatoms. The van der Waals surface area contributed by atoms with Gasteiger partial charge in [0.25, 0.3) is 5.91 Å². The van der Waals surface area contributed by atoms with Gasteiger partial charge < -0.3 is 5.32 Å².